The number of benzene rings is 2. The predicted molar refractivity (Wildman–Crippen MR) is 102 cm³/mol. The van der Waals surface area contributed by atoms with Gasteiger partial charge in [-0.2, -0.15) is 5.10 Å². The van der Waals surface area contributed by atoms with E-state index in [9.17, 15) is 15.0 Å². The van der Waals surface area contributed by atoms with Crippen molar-refractivity contribution in [1.82, 2.24) is 15.1 Å². The molecule has 3 N–H and O–H groups in total. The van der Waals surface area contributed by atoms with Crippen LogP contribution in [0.3, 0.4) is 0 Å². The number of hydrogen-bond acceptors (Lipinski definition) is 4. The van der Waals surface area contributed by atoms with Gasteiger partial charge in [-0.25, -0.2) is 0 Å². The van der Waals surface area contributed by atoms with E-state index >= 15 is 0 Å². The van der Waals surface area contributed by atoms with E-state index < -0.39 is 6.04 Å². The maximum Gasteiger partial charge on any atom is 0.273 e. The standard InChI is InChI=1S/C20H18ClN3O3/c21-13-6-3-5-12(11-13)19-16-17(14-7-1-2-8-15(14)26)22-23-18(16)20(27)24(19)9-4-10-25/h1-3,5-8,11,19,25-26H,4,9-10H2,(H,22,23)/t19-/m0/s1. The van der Waals surface area contributed by atoms with E-state index in [4.69, 9.17) is 11.6 Å². The molecular weight excluding hydrogens is 366 g/mol. The van der Waals surface area contributed by atoms with Crippen LogP contribution >= 0.6 is 11.6 Å². The Labute approximate surface area is 161 Å². The maximum absolute atomic E-state index is 13.0. The van der Waals surface area contributed by atoms with Crippen LogP contribution in [0, 0.1) is 0 Å². The number of carbonyl (C=O) groups excluding carboxylic acids is 1. The number of phenolic OH excluding ortho intramolecular Hbond substituents is 1. The Morgan fingerprint density at radius 3 is 2.74 bits per heavy atom. The molecule has 1 atom stereocenters. The van der Waals surface area contributed by atoms with Crippen molar-refractivity contribution < 1.29 is 15.0 Å². The van der Waals surface area contributed by atoms with Gasteiger partial charge >= 0.3 is 0 Å². The quantitative estimate of drug-likeness (QED) is 0.630. The van der Waals surface area contributed by atoms with Crippen molar-refractivity contribution >= 4 is 17.5 Å². The lowest BCUT2D eigenvalue weighted by Gasteiger charge is -2.26. The summed E-state index contributed by atoms with van der Waals surface area (Å²) in [5.74, 6) is -0.0875. The van der Waals surface area contributed by atoms with Crippen molar-refractivity contribution in [1.29, 1.82) is 0 Å². The molecule has 0 aliphatic carbocycles. The van der Waals surface area contributed by atoms with Gasteiger partial charge in [0.2, 0.25) is 0 Å². The monoisotopic (exact) mass is 383 g/mol. The number of H-pyrrole nitrogens is 1. The fourth-order valence-corrected chi connectivity index (χ4v) is 3.77. The topological polar surface area (TPSA) is 89.5 Å². The second kappa shape index (κ2) is 7.06. The van der Waals surface area contributed by atoms with Crippen molar-refractivity contribution in [3.63, 3.8) is 0 Å². The van der Waals surface area contributed by atoms with Crippen molar-refractivity contribution in [2.75, 3.05) is 13.2 Å². The number of nitrogens with zero attached hydrogens (tertiary/aromatic N) is 2. The van der Waals surface area contributed by atoms with E-state index in [1.165, 1.54) is 0 Å². The summed E-state index contributed by atoms with van der Waals surface area (Å²) in [6.07, 6.45) is 0.465. The number of aromatic amines is 1. The zero-order valence-electron chi connectivity index (χ0n) is 14.4. The number of rotatable bonds is 5. The Morgan fingerprint density at radius 2 is 2.00 bits per heavy atom. The minimum Gasteiger partial charge on any atom is -0.507 e. The van der Waals surface area contributed by atoms with Crippen LogP contribution in [0.5, 0.6) is 5.75 Å². The number of aromatic nitrogens is 2. The number of phenols is 1. The van der Waals surface area contributed by atoms with Gasteiger partial charge in [-0.3, -0.25) is 9.89 Å². The highest BCUT2D eigenvalue weighted by atomic mass is 35.5. The lowest BCUT2D eigenvalue weighted by molar-refractivity contribution is 0.0732. The van der Waals surface area contributed by atoms with Crippen molar-refractivity contribution in [3.05, 3.63) is 70.4 Å². The molecule has 138 valence electrons. The first-order valence-electron chi connectivity index (χ1n) is 8.65. The molecule has 0 spiro atoms. The fraction of sp³-hybridized carbons (Fsp3) is 0.200. The number of fused-ring (bicyclic) bond motifs is 1. The summed E-state index contributed by atoms with van der Waals surface area (Å²) in [6.45, 7) is 0.389. The van der Waals surface area contributed by atoms with E-state index in [1.54, 1.807) is 29.2 Å². The molecule has 2 aromatic carbocycles. The van der Waals surface area contributed by atoms with Crippen LogP contribution in [0.15, 0.2) is 48.5 Å². The predicted octanol–water partition coefficient (Wildman–Crippen LogP) is 3.36. The van der Waals surface area contributed by atoms with Gasteiger partial charge in [0, 0.05) is 29.3 Å². The maximum atomic E-state index is 13.0. The summed E-state index contributed by atoms with van der Waals surface area (Å²) in [7, 11) is 0. The van der Waals surface area contributed by atoms with E-state index in [-0.39, 0.29) is 18.3 Å². The largest absolute Gasteiger partial charge is 0.507 e. The van der Waals surface area contributed by atoms with E-state index in [0.717, 1.165) is 5.56 Å². The van der Waals surface area contributed by atoms with Crippen LogP contribution in [0.2, 0.25) is 5.02 Å². The van der Waals surface area contributed by atoms with Crippen LogP contribution in [-0.4, -0.2) is 44.4 Å². The number of aliphatic hydroxyl groups excluding tert-OH is 1. The lowest BCUT2D eigenvalue weighted by atomic mass is 9.95. The third kappa shape index (κ3) is 2.97. The summed E-state index contributed by atoms with van der Waals surface area (Å²) >= 11 is 6.19. The lowest BCUT2D eigenvalue weighted by Crippen LogP contribution is -2.31. The Kier molecular flexibility index (Phi) is 4.59. The van der Waals surface area contributed by atoms with E-state index in [0.29, 0.717) is 40.5 Å². The zero-order chi connectivity index (χ0) is 19.0. The average molecular weight is 384 g/mol. The van der Waals surface area contributed by atoms with Crippen molar-refractivity contribution in [3.8, 4) is 17.0 Å². The van der Waals surface area contributed by atoms with Gasteiger partial charge in [0.1, 0.15) is 17.1 Å². The molecule has 3 aromatic rings. The SMILES string of the molecule is O=C1c2[nH]nc(-c3ccccc3O)c2[C@H](c2cccc(Cl)c2)N1CCCO. The molecule has 1 aliphatic heterocycles. The van der Waals surface area contributed by atoms with Crippen LogP contribution in [-0.2, 0) is 0 Å². The van der Waals surface area contributed by atoms with Gasteiger partial charge < -0.3 is 15.1 Å². The molecule has 6 nitrogen and oxygen atoms in total. The van der Waals surface area contributed by atoms with Crippen LogP contribution in [0.1, 0.15) is 34.1 Å². The van der Waals surface area contributed by atoms with Gasteiger partial charge in [0.25, 0.3) is 5.91 Å². The fourth-order valence-electron chi connectivity index (χ4n) is 3.57. The van der Waals surface area contributed by atoms with Gasteiger partial charge in [-0.05, 0) is 36.2 Å². The summed E-state index contributed by atoms with van der Waals surface area (Å²) in [6, 6.07) is 13.8. The summed E-state index contributed by atoms with van der Waals surface area (Å²) < 4.78 is 0. The highest BCUT2D eigenvalue weighted by molar-refractivity contribution is 6.30. The van der Waals surface area contributed by atoms with Crippen LogP contribution in [0.4, 0.5) is 0 Å². The molecular formula is C20H18ClN3O3. The molecule has 0 radical (unpaired) electrons. The molecule has 0 saturated carbocycles. The Morgan fingerprint density at radius 1 is 1.19 bits per heavy atom. The summed E-state index contributed by atoms with van der Waals surface area (Å²) in [5, 5.41) is 27.2. The second-order valence-corrected chi connectivity index (χ2v) is 6.85. The highest BCUT2D eigenvalue weighted by Crippen LogP contribution is 2.44. The molecule has 0 unspecified atom stereocenters. The Balaban J connectivity index is 1.89. The first-order valence-corrected chi connectivity index (χ1v) is 9.03. The minimum atomic E-state index is -0.397. The van der Waals surface area contributed by atoms with Crippen molar-refractivity contribution in [2.24, 2.45) is 0 Å². The molecule has 7 heteroatoms. The smallest absolute Gasteiger partial charge is 0.273 e. The number of nitrogens with one attached hydrogen (secondary N) is 1. The molecule has 1 aliphatic rings. The van der Waals surface area contributed by atoms with E-state index in [2.05, 4.69) is 10.2 Å². The van der Waals surface area contributed by atoms with Crippen LogP contribution in [0.25, 0.3) is 11.3 Å². The average Bonchev–Trinajstić information content (AvgIpc) is 3.20. The number of aromatic hydroxyl groups is 1. The third-order valence-corrected chi connectivity index (χ3v) is 4.98. The van der Waals surface area contributed by atoms with E-state index in [1.807, 2.05) is 24.3 Å². The van der Waals surface area contributed by atoms with Crippen LogP contribution < -0.4 is 0 Å². The number of amides is 1. The third-order valence-electron chi connectivity index (χ3n) is 4.74. The Bertz CT molecular complexity index is 1000. The highest BCUT2D eigenvalue weighted by Gasteiger charge is 2.42. The van der Waals surface area contributed by atoms with Gasteiger partial charge in [-0.1, -0.05) is 35.9 Å². The number of para-hydroxylation sites is 1. The number of carbonyl (C=O) groups is 1. The second-order valence-electron chi connectivity index (χ2n) is 6.41. The molecule has 0 fully saturated rings. The molecule has 0 bridgehead atoms. The molecule has 27 heavy (non-hydrogen) atoms. The first kappa shape index (κ1) is 17.6. The normalized spacial score (nSPS) is 16.0. The molecule has 1 aromatic heterocycles. The Hall–Kier alpha value is -2.83. The molecule has 0 saturated heterocycles. The number of aliphatic hydroxyl groups is 1. The van der Waals surface area contributed by atoms with Gasteiger partial charge in [0.15, 0.2) is 0 Å². The molecule has 2 heterocycles. The van der Waals surface area contributed by atoms with Crippen molar-refractivity contribution in [2.45, 2.75) is 12.5 Å². The first-order chi connectivity index (χ1) is 13.1. The molecule has 4 rings (SSSR count). The number of hydrogen-bond donors (Lipinski definition) is 3. The van der Waals surface area contributed by atoms with Gasteiger partial charge in [0.05, 0.1) is 6.04 Å². The minimum absolute atomic E-state index is 0.00936. The zero-order valence-corrected chi connectivity index (χ0v) is 15.1. The number of halogens is 1. The van der Waals surface area contributed by atoms with Gasteiger partial charge in [-0.15, -0.1) is 0 Å². The summed E-state index contributed by atoms with van der Waals surface area (Å²) in [4.78, 5) is 14.7. The summed E-state index contributed by atoms with van der Waals surface area (Å²) in [5.41, 5.74) is 3.05. The molecule has 1 amide bonds.